The Balaban J connectivity index is 2.75. The van der Waals surface area contributed by atoms with Crippen molar-refractivity contribution in [2.24, 2.45) is 0 Å². The number of aliphatic hydroxyl groups is 1. The molecule has 64 valence electrons. The fourth-order valence-electron chi connectivity index (χ4n) is 0.869. The molecule has 1 atom stereocenters. The molecular weight excluding hydrogens is 152 g/mol. The number of hydrogen-bond donors (Lipinski definition) is 1. The fourth-order valence-corrected chi connectivity index (χ4v) is 0.869. The molecule has 0 aliphatic heterocycles. The van der Waals surface area contributed by atoms with Crippen LogP contribution in [0.25, 0.3) is 6.08 Å². The number of aliphatic hydroxyl groups excluding tert-OH is 1. The Morgan fingerprint density at radius 3 is 3.00 bits per heavy atom. The minimum Gasteiger partial charge on any atom is -0.465 e. The van der Waals surface area contributed by atoms with Crippen molar-refractivity contribution in [3.8, 4) is 0 Å². The lowest BCUT2D eigenvalue weighted by molar-refractivity contribution is 0.260. The third kappa shape index (κ3) is 2.10. The second-order valence-electron chi connectivity index (χ2n) is 2.58. The highest BCUT2D eigenvalue weighted by Crippen LogP contribution is 2.10. The van der Waals surface area contributed by atoms with Crippen molar-refractivity contribution in [1.82, 2.24) is 0 Å². The van der Waals surface area contributed by atoms with Gasteiger partial charge in [0.05, 0.1) is 12.4 Å². The van der Waals surface area contributed by atoms with Crippen LogP contribution in [0.2, 0.25) is 0 Å². The Hall–Kier alpha value is -1.28. The van der Waals surface area contributed by atoms with Gasteiger partial charge in [0.1, 0.15) is 5.76 Å². The second-order valence-corrected chi connectivity index (χ2v) is 2.58. The van der Waals surface area contributed by atoms with Crippen molar-refractivity contribution in [2.75, 3.05) is 0 Å². The summed E-state index contributed by atoms with van der Waals surface area (Å²) in [5.74, 6) is 0.744. The van der Waals surface area contributed by atoms with Gasteiger partial charge in [-0.2, -0.15) is 0 Å². The summed E-state index contributed by atoms with van der Waals surface area (Å²) in [6, 6.07) is 3.64. The molecule has 1 N–H and O–H groups in total. The third-order valence-electron chi connectivity index (χ3n) is 1.60. The average molecular weight is 164 g/mol. The van der Waals surface area contributed by atoms with E-state index in [1.54, 1.807) is 18.4 Å². The highest BCUT2D eigenvalue weighted by molar-refractivity contribution is 5.48. The summed E-state index contributed by atoms with van der Waals surface area (Å²) in [5.41, 5.74) is 0.819. The summed E-state index contributed by atoms with van der Waals surface area (Å²) >= 11 is 0. The van der Waals surface area contributed by atoms with Crippen LogP contribution in [0.3, 0.4) is 0 Å². The average Bonchev–Trinajstić information content (AvgIpc) is 2.55. The normalized spacial score (nSPS) is 14.3. The van der Waals surface area contributed by atoms with Crippen LogP contribution >= 0.6 is 0 Å². The van der Waals surface area contributed by atoms with Gasteiger partial charge in [-0.1, -0.05) is 6.08 Å². The molecule has 1 rings (SSSR count). The molecular formula is C10H12O2. The summed E-state index contributed by atoms with van der Waals surface area (Å²) in [7, 11) is 0. The zero-order valence-electron chi connectivity index (χ0n) is 7.03. The van der Waals surface area contributed by atoms with E-state index in [0.29, 0.717) is 0 Å². The molecule has 1 heterocycles. The van der Waals surface area contributed by atoms with Crippen LogP contribution < -0.4 is 0 Å². The quantitative estimate of drug-likeness (QED) is 0.695. The van der Waals surface area contributed by atoms with Gasteiger partial charge in [0.15, 0.2) is 0 Å². The molecule has 0 spiro atoms. The van der Waals surface area contributed by atoms with Crippen LogP contribution in [-0.2, 0) is 0 Å². The number of hydrogen-bond acceptors (Lipinski definition) is 2. The summed E-state index contributed by atoms with van der Waals surface area (Å²) in [6.07, 6.45) is 4.27. The van der Waals surface area contributed by atoms with Crippen molar-refractivity contribution in [1.29, 1.82) is 0 Å². The Kier molecular flexibility index (Phi) is 2.88. The van der Waals surface area contributed by atoms with Crippen LogP contribution in [0, 0.1) is 0 Å². The van der Waals surface area contributed by atoms with E-state index in [4.69, 9.17) is 4.42 Å². The van der Waals surface area contributed by atoms with E-state index in [0.717, 1.165) is 11.3 Å². The first-order valence-corrected chi connectivity index (χ1v) is 3.76. The van der Waals surface area contributed by atoms with Crippen LogP contribution in [-0.4, -0.2) is 11.2 Å². The predicted molar refractivity (Wildman–Crippen MR) is 48.6 cm³/mol. The van der Waals surface area contributed by atoms with Crippen molar-refractivity contribution >= 4 is 6.08 Å². The Bertz CT molecular complexity index is 270. The smallest absolute Gasteiger partial charge is 0.126 e. The van der Waals surface area contributed by atoms with Gasteiger partial charge in [-0.15, -0.1) is 6.58 Å². The van der Waals surface area contributed by atoms with E-state index in [2.05, 4.69) is 6.58 Å². The van der Waals surface area contributed by atoms with Gasteiger partial charge in [0.25, 0.3) is 0 Å². The van der Waals surface area contributed by atoms with Crippen LogP contribution in [0.5, 0.6) is 0 Å². The fraction of sp³-hybridized carbons (Fsp3) is 0.200. The molecule has 0 amide bonds. The van der Waals surface area contributed by atoms with Gasteiger partial charge >= 0.3 is 0 Å². The first-order valence-electron chi connectivity index (χ1n) is 3.76. The van der Waals surface area contributed by atoms with E-state index in [9.17, 15) is 5.11 Å². The molecule has 0 bridgehead atoms. The third-order valence-corrected chi connectivity index (χ3v) is 1.60. The molecule has 2 heteroatoms. The van der Waals surface area contributed by atoms with Gasteiger partial charge in [-0.3, -0.25) is 0 Å². The van der Waals surface area contributed by atoms with Crippen LogP contribution in [0.4, 0.5) is 0 Å². The maximum absolute atomic E-state index is 9.30. The van der Waals surface area contributed by atoms with E-state index in [1.807, 2.05) is 13.0 Å². The molecule has 1 unspecified atom stereocenters. The lowest BCUT2D eigenvalue weighted by atomic mass is 10.1. The largest absolute Gasteiger partial charge is 0.465 e. The summed E-state index contributed by atoms with van der Waals surface area (Å²) < 4.78 is 5.08. The van der Waals surface area contributed by atoms with Crippen LogP contribution in [0.15, 0.2) is 41.0 Å². The van der Waals surface area contributed by atoms with Gasteiger partial charge < -0.3 is 9.52 Å². The molecule has 0 aliphatic carbocycles. The molecule has 0 fully saturated rings. The van der Waals surface area contributed by atoms with E-state index >= 15 is 0 Å². The molecule has 2 nitrogen and oxygen atoms in total. The Labute approximate surface area is 71.8 Å². The minimum atomic E-state index is -0.588. The van der Waals surface area contributed by atoms with Crippen molar-refractivity contribution in [2.45, 2.75) is 13.0 Å². The van der Waals surface area contributed by atoms with Crippen molar-refractivity contribution in [3.63, 3.8) is 0 Å². The molecule has 0 aromatic carbocycles. The SMILES string of the molecule is C=CC(O)/C(C)=C/c1ccco1. The molecule has 0 saturated heterocycles. The minimum absolute atomic E-state index is 0.588. The highest BCUT2D eigenvalue weighted by atomic mass is 16.3. The maximum atomic E-state index is 9.30. The summed E-state index contributed by atoms with van der Waals surface area (Å²) in [4.78, 5) is 0. The zero-order valence-corrected chi connectivity index (χ0v) is 7.03. The van der Waals surface area contributed by atoms with Gasteiger partial charge in [-0.25, -0.2) is 0 Å². The zero-order chi connectivity index (χ0) is 8.97. The summed E-state index contributed by atoms with van der Waals surface area (Å²) in [5, 5.41) is 9.30. The second kappa shape index (κ2) is 3.93. The van der Waals surface area contributed by atoms with E-state index in [1.165, 1.54) is 6.08 Å². The molecule has 1 aromatic rings. The molecule has 0 saturated carbocycles. The first kappa shape index (κ1) is 8.81. The van der Waals surface area contributed by atoms with Gasteiger partial charge in [0, 0.05) is 0 Å². The predicted octanol–water partition coefficient (Wildman–Crippen LogP) is 2.23. The number of rotatable bonds is 3. The lowest BCUT2D eigenvalue weighted by Crippen LogP contribution is -2.01. The highest BCUT2D eigenvalue weighted by Gasteiger charge is 2.00. The number of furan rings is 1. The molecule has 1 aromatic heterocycles. The molecule has 0 aliphatic rings. The van der Waals surface area contributed by atoms with Crippen LogP contribution in [0.1, 0.15) is 12.7 Å². The lowest BCUT2D eigenvalue weighted by Gasteiger charge is -2.03. The van der Waals surface area contributed by atoms with Gasteiger partial charge in [-0.05, 0) is 30.7 Å². The molecule has 0 radical (unpaired) electrons. The monoisotopic (exact) mass is 164 g/mol. The van der Waals surface area contributed by atoms with E-state index < -0.39 is 6.10 Å². The maximum Gasteiger partial charge on any atom is 0.126 e. The Morgan fingerprint density at radius 2 is 2.50 bits per heavy atom. The van der Waals surface area contributed by atoms with Crippen molar-refractivity contribution < 1.29 is 9.52 Å². The topological polar surface area (TPSA) is 33.4 Å². The molecule has 12 heavy (non-hydrogen) atoms. The Morgan fingerprint density at radius 1 is 1.75 bits per heavy atom. The van der Waals surface area contributed by atoms with Crippen molar-refractivity contribution in [3.05, 3.63) is 42.4 Å². The first-order chi connectivity index (χ1) is 5.74. The summed E-state index contributed by atoms with van der Waals surface area (Å²) in [6.45, 7) is 5.32. The van der Waals surface area contributed by atoms with Gasteiger partial charge in [0.2, 0.25) is 0 Å². The standard InChI is InChI=1S/C10H12O2/c1-3-10(11)8(2)7-9-5-4-6-12-9/h3-7,10-11H,1H2,2H3/b8-7+. The van der Waals surface area contributed by atoms with E-state index in [-0.39, 0.29) is 0 Å².